The van der Waals surface area contributed by atoms with Gasteiger partial charge in [0.25, 0.3) is 0 Å². The van der Waals surface area contributed by atoms with E-state index in [1.807, 2.05) is 12.1 Å². The van der Waals surface area contributed by atoms with Crippen molar-refractivity contribution in [3.8, 4) is 0 Å². The van der Waals surface area contributed by atoms with Gasteiger partial charge in [-0.3, -0.25) is 0 Å². The van der Waals surface area contributed by atoms with Gasteiger partial charge in [-0.15, -0.1) is 0 Å². The van der Waals surface area contributed by atoms with Gasteiger partial charge in [0, 0.05) is 16.7 Å². The molecule has 0 saturated carbocycles. The highest BCUT2D eigenvalue weighted by Gasteiger charge is 1.93. The summed E-state index contributed by atoms with van der Waals surface area (Å²) in [5, 5.41) is 3.38. The van der Waals surface area contributed by atoms with Gasteiger partial charge in [0.1, 0.15) is 0 Å². The topological polar surface area (TPSA) is 15.3 Å². The fraction of sp³-hybridized carbons (Fsp3) is 0.455. The first-order chi connectivity index (χ1) is 6.68. The van der Waals surface area contributed by atoms with Gasteiger partial charge in [-0.1, -0.05) is 22.0 Å². The number of hydrogen-bond donors (Lipinski definition) is 1. The van der Waals surface area contributed by atoms with Crippen LogP contribution in [0.5, 0.6) is 0 Å². The lowest BCUT2D eigenvalue weighted by molar-refractivity contribution is 0.405. The molecule has 0 aromatic heterocycles. The fourth-order valence-corrected chi connectivity index (χ4v) is 1.63. The molecule has 0 spiro atoms. The van der Waals surface area contributed by atoms with Crippen LogP contribution < -0.4 is 5.32 Å². The van der Waals surface area contributed by atoms with E-state index in [1.165, 1.54) is 12.1 Å². The standard InChI is InChI=1S/C11H17BrN2/c1-14(2)8-4-7-13-11-6-3-5-10(12)9-11/h3,5-6,9,13H,4,7-8H2,1-2H3. The second-order valence-electron chi connectivity index (χ2n) is 3.59. The average molecular weight is 257 g/mol. The SMILES string of the molecule is CN(C)CCCNc1cccc(Br)c1. The summed E-state index contributed by atoms with van der Waals surface area (Å²) in [4.78, 5) is 2.20. The molecule has 0 radical (unpaired) electrons. The molecule has 1 N–H and O–H groups in total. The van der Waals surface area contributed by atoms with E-state index in [0.717, 1.165) is 17.6 Å². The van der Waals surface area contributed by atoms with Crippen molar-refractivity contribution >= 4 is 21.6 Å². The molecule has 0 bridgehead atoms. The minimum Gasteiger partial charge on any atom is -0.385 e. The first-order valence-electron chi connectivity index (χ1n) is 4.82. The van der Waals surface area contributed by atoms with Gasteiger partial charge < -0.3 is 10.2 Å². The quantitative estimate of drug-likeness (QED) is 0.816. The maximum absolute atomic E-state index is 3.45. The molecule has 1 aromatic rings. The Morgan fingerprint density at radius 2 is 2.14 bits per heavy atom. The van der Waals surface area contributed by atoms with Gasteiger partial charge in [0.15, 0.2) is 0 Å². The van der Waals surface area contributed by atoms with Gasteiger partial charge in [-0.25, -0.2) is 0 Å². The number of rotatable bonds is 5. The van der Waals surface area contributed by atoms with Crippen LogP contribution in [-0.2, 0) is 0 Å². The Bertz CT molecular complexity index is 274. The zero-order valence-corrected chi connectivity index (χ0v) is 10.3. The van der Waals surface area contributed by atoms with Crippen molar-refractivity contribution < 1.29 is 0 Å². The highest BCUT2D eigenvalue weighted by molar-refractivity contribution is 9.10. The molecule has 2 nitrogen and oxygen atoms in total. The first kappa shape index (κ1) is 11.5. The van der Waals surface area contributed by atoms with Crippen LogP contribution in [0.2, 0.25) is 0 Å². The van der Waals surface area contributed by atoms with Gasteiger partial charge >= 0.3 is 0 Å². The fourth-order valence-electron chi connectivity index (χ4n) is 1.23. The number of nitrogens with one attached hydrogen (secondary N) is 1. The Labute approximate surface area is 94.4 Å². The highest BCUT2D eigenvalue weighted by Crippen LogP contribution is 2.15. The van der Waals surface area contributed by atoms with Crippen LogP contribution in [0.4, 0.5) is 5.69 Å². The Hall–Kier alpha value is -0.540. The van der Waals surface area contributed by atoms with Gasteiger partial charge in [0.2, 0.25) is 0 Å². The van der Waals surface area contributed by atoms with Gasteiger partial charge in [-0.2, -0.15) is 0 Å². The van der Waals surface area contributed by atoms with E-state index in [2.05, 4.69) is 52.4 Å². The number of benzene rings is 1. The number of anilines is 1. The van der Waals surface area contributed by atoms with Crippen molar-refractivity contribution in [1.29, 1.82) is 0 Å². The monoisotopic (exact) mass is 256 g/mol. The minimum absolute atomic E-state index is 1.02. The highest BCUT2D eigenvalue weighted by atomic mass is 79.9. The van der Waals surface area contributed by atoms with Crippen LogP contribution in [0.3, 0.4) is 0 Å². The normalized spacial score (nSPS) is 10.6. The average Bonchev–Trinajstić information content (AvgIpc) is 2.12. The van der Waals surface area contributed by atoms with Gasteiger partial charge in [-0.05, 0) is 45.3 Å². The molecule has 0 aliphatic carbocycles. The first-order valence-corrected chi connectivity index (χ1v) is 5.62. The lowest BCUT2D eigenvalue weighted by atomic mass is 10.3. The predicted molar refractivity (Wildman–Crippen MR) is 65.8 cm³/mol. The largest absolute Gasteiger partial charge is 0.385 e. The number of nitrogens with zero attached hydrogens (tertiary/aromatic N) is 1. The summed E-state index contributed by atoms with van der Waals surface area (Å²) in [6.07, 6.45) is 1.17. The van der Waals surface area contributed by atoms with E-state index < -0.39 is 0 Å². The van der Waals surface area contributed by atoms with E-state index in [1.54, 1.807) is 0 Å². The zero-order valence-electron chi connectivity index (χ0n) is 8.76. The summed E-state index contributed by atoms with van der Waals surface area (Å²) in [5.74, 6) is 0. The Morgan fingerprint density at radius 1 is 1.36 bits per heavy atom. The molecule has 14 heavy (non-hydrogen) atoms. The summed E-state index contributed by atoms with van der Waals surface area (Å²) in [7, 11) is 4.19. The van der Waals surface area contributed by atoms with E-state index in [4.69, 9.17) is 0 Å². The maximum atomic E-state index is 3.45. The Kier molecular flexibility index (Phi) is 4.98. The molecule has 0 fully saturated rings. The van der Waals surface area contributed by atoms with Crippen molar-refractivity contribution in [3.05, 3.63) is 28.7 Å². The zero-order chi connectivity index (χ0) is 10.4. The van der Waals surface area contributed by atoms with E-state index >= 15 is 0 Å². The van der Waals surface area contributed by atoms with Gasteiger partial charge in [0.05, 0.1) is 0 Å². The van der Waals surface area contributed by atoms with Crippen molar-refractivity contribution in [3.63, 3.8) is 0 Å². The van der Waals surface area contributed by atoms with Crippen LogP contribution in [0.25, 0.3) is 0 Å². The number of halogens is 1. The molecule has 0 atom stereocenters. The van der Waals surface area contributed by atoms with Crippen LogP contribution in [0, 0.1) is 0 Å². The summed E-state index contributed by atoms with van der Waals surface area (Å²) < 4.78 is 1.12. The lowest BCUT2D eigenvalue weighted by Crippen LogP contribution is -2.16. The van der Waals surface area contributed by atoms with E-state index in [9.17, 15) is 0 Å². The summed E-state index contributed by atoms with van der Waals surface area (Å²) in [6, 6.07) is 8.25. The predicted octanol–water partition coefficient (Wildman–Crippen LogP) is 2.81. The molecule has 0 aliphatic heterocycles. The third-order valence-electron chi connectivity index (χ3n) is 1.94. The van der Waals surface area contributed by atoms with E-state index in [0.29, 0.717) is 0 Å². The Morgan fingerprint density at radius 3 is 2.79 bits per heavy atom. The second-order valence-corrected chi connectivity index (χ2v) is 4.51. The Balaban J connectivity index is 2.25. The molecular weight excluding hydrogens is 240 g/mol. The van der Waals surface area contributed by atoms with Crippen molar-refractivity contribution in [2.45, 2.75) is 6.42 Å². The van der Waals surface area contributed by atoms with Crippen molar-refractivity contribution in [2.24, 2.45) is 0 Å². The van der Waals surface area contributed by atoms with E-state index in [-0.39, 0.29) is 0 Å². The molecule has 0 amide bonds. The van der Waals surface area contributed by atoms with Crippen molar-refractivity contribution in [1.82, 2.24) is 4.90 Å². The van der Waals surface area contributed by atoms with Crippen LogP contribution in [0.1, 0.15) is 6.42 Å². The number of hydrogen-bond acceptors (Lipinski definition) is 2. The lowest BCUT2D eigenvalue weighted by Gasteiger charge is -2.10. The van der Waals surface area contributed by atoms with Crippen molar-refractivity contribution in [2.75, 3.05) is 32.5 Å². The van der Waals surface area contributed by atoms with Crippen LogP contribution in [0.15, 0.2) is 28.7 Å². The third kappa shape index (κ3) is 4.63. The molecule has 1 rings (SSSR count). The molecule has 0 saturated heterocycles. The van der Waals surface area contributed by atoms with Crippen LogP contribution in [-0.4, -0.2) is 32.1 Å². The summed E-state index contributed by atoms with van der Waals surface area (Å²) >= 11 is 3.45. The molecule has 0 aliphatic rings. The van der Waals surface area contributed by atoms with Crippen LogP contribution >= 0.6 is 15.9 Å². The third-order valence-corrected chi connectivity index (χ3v) is 2.43. The molecule has 3 heteroatoms. The minimum atomic E-state index is 1.02. The molecule has 1 aromatic carbocycles. The summed E-state index contributed by atoms with van der Waals surface area (Å²) in [5.41, 5.74) is 1.18. The molecule has 78 valence electrons. The maximum Gasteiger partial charge on any atom is 0.0351 e. The summed E-state index contributed by atoms with van der Waals surface area (Å²) in [6.45, 7) is 2.15. The smallest absolute Gasteiger partial charge is 0.0351 e. The molecular formula is C11H17BrN2. The molecule has 0 heterocycles. The second kappa shape index (κ2) is 6.04. The molecule has 0 unspecified atom stereocenters.